The lowest BCUT2D eigenvalue weighted by atomic mass is 10.1. The summed E-state index contributed by atoms with van der Waals surface area (Å²) in [5, 5.41) is 11.2. The lowest BCUT2D eigenvalue weighted by Gasteiger charge is -2.35. The average molecular weight is 253 g/mol. The van der Waals surface area contributed by atoms with Gasteiger partial charge >= 0.3 is 0 Å². The Hall–Kier alpha value is -1.50. The standard InChI is InChI=1S/C11H19N5O2/c1-3-10-8-18-7-6-15(10)11(17)4-5-16-9(2)12-13-14-16/h10H,3-8H2,1-2H3. The first-order valence-electron chi connectivity index (χ1n) is 6.32. The van der Waals surface area contributed by atoms with Crippen LogP contribution in [-0.4, -0.2) is 56.8 Å². The number of nitrogens with zero attached hydrogens (tertiary/aromatic N) is 5. The Labute approximate surface area is 106 Å². The number of morpholine rings is 1. The van der Waals surface area contributed by atoms with Crippen molar-refractivity contribution in [1.29, 1.82) is 0 Å². The van der Waals surface area contributed by atoms with Crippen LogP contribution in [0.2, 0.25) is 0 Å². The number of hydrogen-bond donors (Lipinski definition) is 0. The molecule has 0 aromatic carbocycles. The Morgan fingerprint density at radius 3 is 3.06 bits per heavy atom. The number of ether oxygens (including phenoxy) is 1. The van der Waals surface area contributed by atoms with Crippen molar-refractivity contribution in [2.45, 2.75) is 39.3 Å². The van der Waals surface area contributed by atoms with Crippen LogP contribution in [0.3, 0.4) is 0 Å². The largest absolute Gasteiger partial charge is 0.377 e. The predicted octanol–water partition coefficient (Wildman–Crippen LogP) is 0.00902. The first-order valence-corrected chi connectivity index (χ1v) is 6.32. The van der Waals surface area contributed by atoms with Crippen LogP contribution in [0, 0.1) is 6.92 Å². The number of carbonyl (C=O) groups excluding carboxylic acids is 1. The summed E-state index contributed by atoms with van der Waals surface area (Å²) in [6.07, 6.45) is 1.36. The molecule has 1 saturated heterocycles. The van der Waals surface area contributed by atoms with E-state index in [2.05, 4.69) is 22.4 Å². The number of tetrazole rings is 1. The molecular formula is C11H19N5O2. The van der Waals surface area contributed by atoms with Crippen molar-refractivity contribution in [3.63, 3.8) is 0 Å². The molecule has 1 aliphatic heterocycles. The molecule has 100 valence electrons. The summed E-state index contributed by atoms with van der Waals surface area (Å²) in [7, 11) is 0. The van der Waals surface area contributed by atoms with Gasteiger partial charge in [-0.3, -0.25) is 4.79 Å². The smallest absolute Gasteiger partial charge is 0.224 e. The molecule has 18 heavy (non-hydrogen) atoms. The second-order valence-corrected chi connectivity index (χ2v) is 4.42. The maximum absolute atomic E-state index is 12.2. The number of rotatable bonds is 4. The topological polar surface area (TPSA) is 73.1 Å². The fourth-order valence-corrected chi connectivity index (χ4v) is 2.12. The molecule has 1 aliphatic rings. The molecule has 1 unspecified atom stereocenters. The van der Waals surface area contributed by atoms with Gasteiger partial charge in [0.2, 0.25) is 5.91 Å². The third-order valence-corrected chi connectivity index (χ3v) is 3.27. The van der Waals surface area contributed by atoms with Crippen LogP contribution in [0.25, 0.3) is 0 Å². The molecule has 0 saturated carbocycles. The zero-order valence-corrected chi connectivity index (χ0v) is 10.9. The van der Waals surface area contributed by atoms with Crippen molar-refractivity contribution in [3.05, 3.63) is 5.82 Å². The Kier molecular flexibility index (Phi) is 4.24. The summed E-state index contributed by atoms with van der Waals surface area (Å²) < 4.78 is 7.04. The van der Waals surface area contributed by atoms with Gasteiger partial charge < -0.3 is 9.64 Å². The first-order chi connectivity index (χ1) is 8.72. The summed E-state index contributed by atoms with van der Waals surface area (Å²) >= 11 is 0. The van der Waals surface area contributed by atoms with Crippen molar-refractivity contribution < 1.29 is 9.53 Å². The molecule has 1 atom stereocenters. The molecule has 0 N–H and O–H groups in total. The fourth-order valence-electron chi connectivity index (χ4n) is 2.12. The van der Waals surface area contributed by atoms with Crippen LogP contribution in [0.4, 0.5) is 0 Å². The minimum absolute atomic E-state index is 0.153. The maximum Gasteiger partial charge on any atom is 0.224 e. The SMILES string of the molecule is CCC1COCCN1C(=O)CCn1nnnc1C. The number of carbonyl (C=O) groups is 1. The third kappa shape index (κ3) is 2.84. The zero-order valence-electron chi connectivity index (χ0n) is 10.9. The highest BCUT2D eigenvalue weighted by atomic mass is 16.5. The lowest BCUT2D eigenvalue weighted by Crippen LogP contribution is -2.48. The van der Waals surface area contributed by atoms with E-state index in [1.165, 1.54) is 0 Å². The molecule has 2 heterocycles. The highest BCUT2D eigenvalue weighted by Crippen LogP contribution is 2.12. The van der Waals surface area contributed by atoms with Crippen molar-refractivity contribution in [2.24, 2.45) is 0 Å². The first kappa shape index (κ1) is 12.9. The fraction of sp³-hybridized carbons (Fsp3) is 0.818. The van der Waals surface area contributed by atoms with E-state index in [1.54, 1.807) is 4.68 Å². The van der Waals surface area contributed by atoms with Gasteiger partial charge in [0.25, 0.3) is 0 Å². The van der Waals surface area contributed by atoms with Gasteiger partial charge in [0.15, 0.2) is 0 Å². The number of hydrogen-bond acceptors (Lipinski definition) is 5. The highest BCUT2D eigenvalue weighted by Gasteiger charge is 2.25. The summed E-state index contributed by atoms with van der Waals surface area (Å²) in [6.45, 7) is 6.40. The summed E-state index contributed by atoms with van der Waals surface area (Å²) in [4.78, 5) is 14.1. The van der Waals surface area contributed by atoms with E-state index in [0.29, 0.717) is 32.7 Å². The predicted molar refractivity (Wildman–Crippen MR) is 63.8 cm³/mol. The Bertz CT molecular complexity index is 406. The summed E-state index contributed by atoms with van der Waals surface area (Å²) in [5.41, 5.74) is 0. The zero-order chi connectivity index (χ0) is 13.0. The van der Waals surface area contributed by atoms with Gasteiger partial charge in [0.1, 0.15) is 5.82 Å². The van der Waals surface area contributed by atoms with Crippen molar-refractivity contribution >= 4 is 5.91 Å². The second kappa shape index (κ2) is 5.90. The Morgan fingerprint density at radius 1 is 1.56 bits per heavy atom. The van der Waals surface area contributed by atoms with Gasteiger partial charge in [-0.25, -0.2) is 4.68 Å². The third-order valence-electron chi connectivity index (χ3n) is 3.27. The molecule has 0 aliphatic carbocycles. The molecule has 0 bridgehead atoms. The molecule has 1 aromatic heterocycles. The molecule has 0 radical (unpaired) electrons. The van der Waals surface area contributed by atoms with E-state index < -0.39 is 0 Å². The van der Waals surface area contributed by atoms with E-state index >= 15 is 0 Å². The maximum atomic E-state index is 12.2. The van der Waals surface area contributed by atoms with Crippen LogP contribution in [-0.2, 0) is 16.1 Å². The summed E-state index contributed by atoms with van der Waals surface area (Å²) in [6, 6.07) is 0.209. The van der Waals surface area contributed by atoms with E-state index in [1.807, 2.05) is 11.8 Å². The minimum atomic E-state index is 0.153. The van der Waals surface area contributed by atoms with E-state index in [-0.39, 0.29) is 11.9 Å². The number of aryl methyl sites for hydroxylation is 2. The van der Waals surface area contributed by atoms with Gasteiger partial charge in [0.05, 0.1) is 25.8 Å². The second-order valence-electron chi connectivity index (χ2n) is 4.42. The van der Waals surface area contributed by atoms with E-state index in [4.69, 9.17) is 4.74 Å². The average Bonchev–Trinajstić information content (AvgIpc) is 2.81. The highest BCUT2D eigenvalue weighted by molar-refractivity contribution is 5.76. The molecule has 1 fully saturated rings. The number of amides is 1. The molecule has 2 rings (SSSR count). The van der Waals surface area contributed by atoms with Crippen LogP contribution >= 0.6 is 0 Å². The Balaban J connectivity index is 1.89. The lowest BCUT2D eigenvalue weighted by molar-refractivity contribution is -0.140. The van der Waals surface area contributed by atoms with Crippen LogP contribution in [0.15, 0.2) is 0 Å². The molecule has 1 aromatic rings. The van der Waals surface area contributed by atoms with Crippen molar-refractivity contribution in [2.75, 3.05) is 19.8 Å². The summed E-state index contributed by atoms with van der Waals surface area (Å²) in [5.74, 6) is 0.886. The van der Waals surface area contributed by atoms with Crippen molar-refractivity contribution in [3.8, 4) is 0 Å². The van der Waals surface area contributed by atoms with Gasteiger partial charge in [-0.1, -0.05) is 6.92 Å². The quantitative estimate of drug-likeness (QED) is 0.755. The molecule has 0 spiro atoms. The van der Waals surface area contributed by atoms with Crippen LogP contribution < -0.4 is 0 Å². The minimum Gasteiger partial charge on any atom is -0.377 e. The van der Waals surface area contributed by atoms with Gasteiger partial charge in [-0.05, 0) is 23.8 Å². The van der Waals surface area contributed by atoms with Crippen LogP contribution in [0.1, 0.15) is 25.6 Å². The molecule has 7 nitrogen and oxygen atoms in total. The van der Waals surface area contributed by atoms with Gasteiger partial charge in [-0.15, -0.1) is 5.10 Å². The number of aromatic nitrogens is 4. The molecule has 1 amide bonds. The monoisotopic (exact) mass is 253 g/mol. The van der Waals surface area contributed by atoms with Crippen molar-refractivity contribution in [1.82, 2.24) is 25.1 Å². The van der Waals surface area contributed by atoms with Crippen LogP contribution in [0.5, 0.6) is 0 Å². The van der Waals surface area contributed by atoms with Gasteiger partial charge in [-0.2, -0.15) is 0 Å². The van der Waals surface area contributed by atoms with E-state index in [9.17, 15) is 4.79 Å². The molecule has 7 heteroatoms. The normalized spacial score (nSPS) is 20.1. The van der Waals surface area contributed by atoms with Gasteiger partial charge in [0, 0.05) is 13.0 Å². The molecular weight excluding hydrogens is 234 g/mol. The van der Waals surface area contributed by atoms with E-state index in [0.717, 1.165) is 12.2 Å². The Morgan fingerprint density at radius 2 is 2.39 bits per heavy atom.